The van der Waals surface area contributed by atoms with Gasteiger partial charge in [-0.3, -0.25) is 0 Å². The molecule has 112 valence electrons. The molecule has 1 N–H and O–H groups in total. The lowest BCUT2D eigenvalue weighted by Crippen LogP contribution is -2.32. The molecule has 0 aliphatic heterocycles. The highest BCUT2D eigenvalue weighted by Crippen LogP contribution is 2.31. The second kappa shape index (κ2) is 5.28. The van der Waals surface area contributed by atoms with E-state index in [1.165, 1.54) is 49.8 Å². The van der Waals surface area contributed by atoms with Crippen LogP contribution in [0.4, 0.5) is 5.82 Å². The van der Waals surface area contributed by atoms with Gasteiger partial charge in [0.25, 0.3) is 5.78 Å². The van der Waals surface area contributed by atoms with Crippen LogP contribution >= 0.6 is 0 Å². The Bertz CT molecular complexity index is 647. The minimum absolute atomic E-state index is 0.555. The summed E-state index contributed by atoms with van der Waals surface area (Å²) in [7, 11) is 0. The zero-order valence-electron chi connectivity index (χ0n) is 12.7. The van der Waals surface area contributed by atoms with Gasteiger partial charge < -0.3 is 5.32 Å². The van der Waals surface area contributed by atoms with Gasteiger partial charge in [0, 0.05) is 11.6 Å². The summed E-state index contributed by atoms with van der Waals surface area (Å²) in [6.07, 6.45) is 11.6. The highest BCUT2D eigenvalue weighted by Gasteiger charge is 2.25. The molecule has 2 heterocycles. The number of anilines is 1. The molecule has 1 saturated carbocycles. The van der Waals surface area contributed by atoms with E-state index in [1.807, 2.05) is 4.52 Å². The van der Waals surface area contributed by atoms with Crippen molar-refractivity contribution in [1.82, 2.24) is 19.6 Å². The molecule has 2 atom stereocenters. The SMILES string of the molecule is C[C@H]1CCCC[C@H]1Nc1c2c(nc3ncnn13)CCCC2. The highest BCUT2D eigenvalue weighted by molar-refractivity contribution is 5.54. The number of hydrogen-bond acceptors (Lipinski definition) is 4. The van der Waals surface area contributed by atoms with Crippen LogP contribution in [-0.4, -0.2) is 25.6 Å². The van der Waals surface area contributed by atoms with E-state index in [0.29, 0.717) is 6.04 Å². The van der Waals surface area contributed by atoms with Gasteiger partial charge in [0.15, 0.2) is 0 Å². The van der Waals surface area contributed by atoms with Gasteiger partial charge in [0.1, 0.15) is 12.1 Å². The zero-order chi connectivity index (χ0) is 14.2. The van der Waals surface area contributed by atoms with Crippen molar-refractivity contribution in [2.24, 2.45) is 5.92 Å². The number of aromatic nitrogens is 4. The van der Waals surface area contributed by atoms with Crippen molar-refractivity contribution >= 4 is 11.6 Å². The fraction of sp³-hybridized carbons (Fsp3) is 0.688. The van der Waals surface area contributed by atoms with Crippen molar-refractivity contribution in [1.29, 1.82) is 0 Å². The van der Waals surface area contributed by atoms with Gasteiger partial charge in [-0.2, -0.15) is 14.6 Å². The molecule has 2 aliphatic carbocycles. The Labute approximate surface area is 125 Å². The van der Waals surface area contributed by atoms with Crippen LogP contribution in [0.5, 0.6) is 0 Å². The predicted molar refractivity (Wildman–Crippen MR) is 82.5 cm³/mol. The van der Waals surface area contributed by atoms with E-state index in [-0.39, 0.29) is 0 Å². The number of hydrogen-bond donors (Lipinski definition) is 1. The van der Waals surface area contributed by atoms with Gasteiger partial charge in [-0.1, -0.05) is 19.8 Å². The van der Waals surface area contributed by atoms with Gasteiger partial charge in [-0.05, 0) is 44.4 Å². The van der Waals surface area contributed by atoms with Crippen molar-refractivity contribution < 1.29 is 0 Å². The number of rotatable bonds is 2. The van der Waals surface area contributed by atoms with E-state index in [4.69, 9.17) is 4.98 Å². The second-order valence-corrected chi connectivity index (χ2v) is 6.58. The van der Waals surface area contributed by atoms with Crippen LogP contribution in [0.1, 0.15) is 56.7 Å². The molecule has 5 nitrogen and oxygen atoms in total. The van der Waals surface area contributed by atoms with E-state index >= 15 is 0 Å². The fourth-order valence-electron chi connectivity index (χ4n) is 3.84. The molecule has 0 aromatic carbocycles. The van der Waals surface area contributed by atoms with Crippen molar-refractivity contribution in [2.75, 3.05) is 5.32 Å². The van der Waals surface area contributed by atoms with E-state index in [9.17, 15) is 0 Å². The third-order valence-corrected chi connectivity index (χ3v) is 5.13. The third-order valence-electron chi connectivity index (χ3n) is 5.13. The first kappa shape index (κ1) is 13.0. The summed E-state index contributed by atoms with van der Waals surface area (Å²) in [4.78, 5) is 9.00. The maximum atomic E-state index is 4.70. The standard InChI is InChI=1S/C16H23N5/c1-11-6-2-4-8-13(11)19-15-12-7-3-5-9-14(12)20-16-17-10-18-21(15)16/h10-11,13,19H,2-9H2,1H3/t11-,13+/m0/s1. The topological polar surface area (TPSA) is 55.1 Å². The third kappa shape index (κ3) is 2.28. The smallest absolute Gasteiger partial charge is 0.254 e. The maximum Gasteiger partial charge on any atom is 0.254 e. The first-order valence-electron chi connectivity index (χ1n) is 8.31. The first-order chi connectivity index (χ1) is 10.3. The van der Waals surface area contributed by atoms with Crippen LogP contribution in [0.25, 0.3) is 5.78 Å². The fourth-order valence-corrected chi connectivity index (χ4v) is 3.84. The lowest BCUT2D eigenvalue weighted by Gasteiger charge is -2.31. The Hall–Kier alpha value is -1.65. The summed E-state index contributed by atoms with van der Waals surface area (Å²) in [5.74, 6) is 2.62. The molecule has 0 unspecified atom stereocenters. The molecule has 0 saturated heterocycles. The Balaban J connectivity index is 1.76. The molecule has 4 rings (SSSR count). The number of nitrogens with one attached hydrogen (secondary N) is 1. The minimum Gasteiger partial charge on any atom is -0.367 e. The van der Waals surface area contributed by atoms with Crippen LogP contribution in [0, 0.1) is 5.92 Å². The summed E-state index contributed by atoms with van der Waals surface area (Å²) in [6, 6.07) is 0.555. The van der Waals surface area contributed by atoms with Gasteiger partial charge in [-0.15, -0.1) is 0 Å². The minimum atomic E-state index is 0.555. The van der Waals surface area contributed by atoms with Crippen molar-refractivity contribution in [3.05, 3.63) is 17.6 Å². The van der Waals surface area contributed by atoms with E-state index < -0.39 is 0 Å². The molecular weight excluding hydrogens is 262 g/mol. The molecule has 0 bridgehead atoms. The quantitative estimate of drug-likeness (QED) is 0.921. The van der Waals surface area contributed by atoms with E-state index in [1.54, 1.807) is 6.33 Å². The molecule has 0 radical (unpaired) electrons. The van der Waals surface area contributed by atoms with E-state index in [0.717, 1.165) is 30.4 Å². The summed E-state index contributed by atoms with van der Waals surface area (Å²) in [5, 5.41) is 8.21. The second-order valence-electron chi connectivity index (χ2n) is 6.58. The molecule has 5 heteroatoms. The Morgan fingerprint density at radius 3 is 2.90 bits per heavy atom. The molecule has 21 heavy (non-hydrogen) atoms. The monoisotopic (exact) mass is 285 g/mol. The maximum absolute atomic E-state index is 4.70. The molecule has 1 fully saturated rings. The average molecular weight is 285 g/mol. The Morgan fingerprint density at radius 1 is 1.14 bits per heavy atom. The van der Waals surface area contributed by atoms with Gasteiger partial charge in [0.2, 0.25) is 0 Å². The Kier molecular flexibility index (Phi) is 3.28. The largest absolute Gasteiger partial charge is 0.367 e. The summed E-state index contributed by atoms with van der Waals surface area (Å²) >= 11 is 0. The zero-order valence-corrected chi connectivity index (χ0v) is 12.7. The Morgan fingerprint density at radius 2 is 2.00 bits per heavy atom. The lowest BCUT2D eigenvalue weighted by atomic mass is 9.85. The van der Waals surface area contributed by atoms with Gasteiger partial charge in [-0.25, -0.2) is 4.98 Å². The van der Waals surface area contributed by atoms with Gasteiger partial charge >= 0.3 is 0 Å². The summed E-state index contributed by atoms with van der Waals surface area (Å²) in [6.45, 7) is 2.36. The van der Waals surface area contributed by atoms with Crippen LogP contribution in [0.2, 0.25) is 0 Å². The molecule has 2 aromatic heterocycles. The number of aryl methyl sites for hydroxylation is 1. The van der Waals surface area contributed by atoms with Crippen molar-refractivity contribution in [3.63, 3.8) is 0 Å². The lowest BCUT2D eigenvalue weighted by molar-refractivity contribution is 0.348. The van der Waals surface area contributed by atoms with Crippen LogP contribution in [-0.2, 0) is 12.8 Å². The summed E-state index contributed by atoms with van der Waals surface area (Å²) < 4.78 is 1.91. The van der Waals surface area contributed by atoms with E-state index in [2.05, 4.69) is 22.3 Å². The van der Waals surface area contributed by atoms with Gasteiger partial charge in [0.05, 0.1) is 5.69 Å². The first-order valence-corrected chi connectivity index (χ1v) is 8.31. The normalized spacial score (nSPS) is 25.8. The van der Waals surface area contributed by atoms with Crippen molar-refractivity contribution in [3.8, 4) is 0 Å². The van der Waals surface area contributed by atoms with Crippen LogP contribution in [0.15, 0.2) is 6.33 Å². The number of fused-ring (bicyclic) bond motifs is 2. The summed E-state index contributed by atoms with van der Waals surface area (Å²) in [5.41, 5.74) is 2.60. The predicted octanol–water partition coefficient (Wildman–Crippen LogP) is 2.99. The average Bonchev–Trinajstić information content (AvgIpc) is 2.97. The van der Waals surface area contributed by atoms with Crippen LogP contribution < -0.4 is 5.32 Å². The van der Waals surface area contributed by atoms with Crippen molar-refractivity contribution in [2.45, 2.75) is 64.3 Å². The molecule has 2 aliphatic rings. The molecular formula is C16H23N5. The molecule has 0 amide bonds. The highest BCUT2D eigenvalue weighted by atomic mass is 15.4. The molecule has 0 spiro atoms. The number of nitrogens with zero attached hydrogens (tertiary/aromatic N) is 4. The molecule has 2 aromatic rings. The van der Waals surface area contributed by atoms with Crippen LogP contribution in [0.3, 0.4) is 0 Å².